The van der Waals surface area contributed by atoms with Crippen LogP contribution in [0.15, 0.2) is 24.3 Å². The van der Waals surface area contributed by atoms with Gasteiger partial charge >= 0.3 is 0 Å². The highest BCUT2D eigenvalue weighted by molar-refractivity contribution is 6.30. The average molecular weight is 310 g/mol. The van der Waals surface area contributed by atoms with E-state index in [1.54, 1.807) is 0 Å². The molecule has 1 heterocycles. The number of hydrogen-bond acceptors (Lipinski definition) is 2. The molecule has 0 radical (unpaired) electrons. The van der Waals surface area contributed by atoms with Crippen LogP contribution in [0.2, 0.25) is 5.02 Å². The second-order valence-electron chi connectivity index (χ2n) is 6.33. The fourth-order valence-electron chi connectivity index (χ4n) is 3.35. The number of ether oxygens (including phenoxy) is 1. The highest BCUT2D eigenvalue weighted by atomic mass is 35.5. The van der Waals surface area contributed by atoms with E-state index in [4.69, 9.17) is 16.3 Å². The van der Waals surface area contributed by atoms with Gasteiger partial charge in [0, 0.05) is 23.7 Å². The third-order valence-corrected chi connectivity index (χ3v) is 5.01. The SMILES string of the molecule is CCC1(CC)CC(NC(C)Cc2ccc(Cl)cc2)CCO1. The maximum absolute atomic E-state index is 6.05. The van der Waals surface area contributed by atoms with Crippen LogP contribution in [0, 0.1) is 0 Å². The molecule has 21 heavy (non-hydrogen) atoms. The monoisotopic (exact) mass is 309 g/mol. The molecule has 0 saturated carbocycles. The lowest BCUT2D eigenvalue weighted by molar-refractivity contribution is -0.0939. The first-order valence-electron chi connectivity index (χ1n) is 8.21. The molecule has 2 rings (SSSR count). The zero-order valence-corrected chi connectivity index (χ0v) is 14.2. The summed E-state index contributed by atoms with van der Waals surface area (Å²) < 4.78 is 6.05. The summed E-state index contributed by atoms with van der Waals surface area (Å²) in [6.07, 6.45) is 5.50. The van der Waals surface area contributed by atoms with E-state index in [0.29, 0.717) is 12.1 Å². The summed E-state index contributed by atoms with van der Waals surface area (Å²) >= 11 is 5.94. The van der Waals surface area contributed by atoms with Crippen molar-refractivity contribution in [3.63, 3.8) is 0 Å². The predicted molar refractivity (Wildman–Crippen MR) is 90.0 cm³/mol. The number of benzene rings is 1. The van der Waals surface area contributed by atoms with Gasteiger partial charge in [0.1, 0.15) is 0 Å². The second kappa shape index (κ2) is 7.62. The van der Waals surface area contributed by atoms with Crippen LogP contribution in [0.25, 0.3) is 0 Å². The van der Waals surface area contributed by atoms with E-state index >= 15 is 0 Å². The third-order valence-electron chi connectivity index (χ3n) is 4.76. The number of nitrogens with one attached hydrogen (secondary N) is 1. The topological polar surface area (TPSA) is 21.3 Å². The van der Waals surface area contributed by atoms with Crippen LogP contribution in [0.1, 0.15) is 52.0 Å². The smallest absolute Gasteiger partial charge is 0.0692 e. The molecule has 2 unspecified atom stereocenters. The van der Waals surface area contributed by atoms with Crippen molar-refractivity contribution in [2.45, 2.75) is 70.6 Å². The van der Waals surface area contributed by atoms with Crippen LogP contribution >= 0.6 is 11.6 Å². The van der Waals surface area contributed by atoms with Crippen molar-refractivity contribution >= 4 is 11.6 Å². The van der Waals surface area contributed by atoms with E-state index in [1.807, 2.05) is 12.1 Å². The van der Waals surface area contributed by atoms with Gasteiger partial charge in [-0.05, 0) is 56.7 Å². The lowest BCUT2D eigenvalue weighted by Gasteiger charge is -2.41. The Morgan fingerprint density at radius 1 is 1.29 bits per heavy atom. The molecule has 2 atom stereocenters. The van der Waals surface area contributed by atoms with E-state index in [0.717, 1.165) is 43.7 Å². The minimum absolute atomic E-state index is 0.0932. The highest BCUT2D eigenvalue weighted by Crippen LogP contribution is 2.31. The Morgan fingerprint density at radius 2 is 1.95 bits per heavy atom. The minimum Gasteiger partial charge on any atom is -0.375 e. The number of rotatable bonds is 6. The van der Waals surface area contributed by atoms with Gasteiger partial charge in [-0.15, -0.1) is 0 Å². The summed E-state index contributed by atoms with van der Waals surface area (Å²) in [6, 6.07) is 9.22. The molecular weight excluding hydrogens is 282 g/mol. The van der Waals surface area contributed by atoms with E-state index in [1.165, 1.54) is 5.56 Å². The van der Waals surface area contributed by atoms with Crippen LogP contribution in [0.4, 0.5) is 0 Å². The van der Waals surface area contributed by atoms with Gasteiger partial charge in [0.15, 0.2) is 0 Å². The summed E-state index contributed by atoms with van der Waals surface area (Å²) in [5.74, 6) is 0. The van der Waals surface area contributed by atoms with Crippen LogP contribution in [-0.2, 0) is 11.2 Å². The normalized spacial score (nSPS) is 23.0. The molecule has 1 aromatic rings. The Labute approximate surface area is 134 Å². The predicted octanol–water partition coefficient (Wildman–Crippen LogP) is 4.60. The van der Waals surface area contributed by atoms with Gasteiger partial charge < -0.3 is 10.1 Å². The summed E-state index contributed by atoms with van der Waals surface area (Å²) in [5, 5.41) is 4.60. The van der Waals surface area contributed by atoms with Crippen molar-refractivity contribution in [3.05, 3.63) is 34.9 Å². The second-order valence-corrected chi connectivity index (χ2v) is 6.76. The molecule has 2 nitrogen and oxygen atoms in total. The van der Waals surface area contributed by atoms with Crippen LogP contribution < -0.4 is 5.32 Å². The molecule has 3 heteroatoms. The molecule has 1 saturated heterocycles. The van der Waals surface area contributed by atoms with Crippen LogP contribution in [-0.4, -0.2) is 24.3 Å². The zero-order chi connectivity index (χ0) is 15.3. The molecule has 1 N–H and O–H groups in total. The van der Waals surface area contributed by atoms with Gasteiger partial charge in [-0.2, -0.15) is 0 Å². The molecule has 1 fully saturated rings. The molecular formula is C18H28ClNO. The van der Waals surface area contributed by atoms with Crippen molar-refractivity contribution < 1.29 is 4.74 Å². The van der Waals surface area contributed by atoms with Gasteiger partial charge in [0.25, 0.3) is 0 Å². The van der Waals surface area contributed by atoms with Gasteiger partial charge in [-0.25, -0.2) is 0 Å². The minimum atomic E-state index is 0.0932. The van der Waals surface area contributed by atoms with Crippen molar-refractivity contribution in [2.24, 2.45) is 0 Å². The van der Waals surface area contributed by atoms with Crippen LogP contribution in [0.3, 0.4) is 0 Å². The maximum Gasteiger partial charge on any atom is 0.0692 e. The molecule has 0 spiro atoms. The van der Waals surface area contributed by atoms with E-state index in [2.05, 4.69) is 38.2 Å². The fourth-order valence-corrected chi connectivity index (χ4v) is 3.47. The van der Waals surface area contributed by atoms with E-state index < -0.39 is 0 Å². The molecule has 1 aromatic carbocycles. The molecule has 118 valence electrons. The maximum atomic E-state index is 6.05. The zero-order valence-electron chi connectivity index (χ0n) is 13.5. The first-order valence-corrected chi connectivity index (χ1v) is 8.59. The summed E-state index contributed by atoms with van der Waals surface area (Å²) in [7, 11) is 0. The quantitative estimate of drug-likeness (QED) is 0.829. The summed E-state index contributed by atoms with van der Waals surface area (Å²) in [6.45, 7) is 7.63. The Bertz CT molecular complexity index is 427. The summed E-state index contributed by atoms with van der Waals surface area (Å²) in [4.78, 5) is 0. The first kappa shape index (κ1) is 16.8. The standard InChI is InChI=1S/C18H28ClNO/c1-4-18(5-2)13-17(10-11-21-18)20-14(3)12-15-6-8-16(19)9-7-15/h6-9,14,17,20H,4-5,10-13H2,1-3H3. The lowest BCUT2D eigenvalue weighted by Crippen LogP contribution is -2.49. The molecule has 0 amide bonds. The molecule has 0 aromatic heterocycles. The third kappa shape index (κ3) is 4.70. The van der Waals surface area contributed by atoms with Gasteiger partial charge in [0.2, 0.25) is 0 Å². The van der Waals surface area contributed by atoms with Gasteiger partial charge in [-0.1, -0.05) is 37.6 Å². The molecule has 1 aliphatic rings. The Balaban J connectivity index is 1.87. The largest absolute Gasteiger partial charge is 0.375 e. The summed E-state index contributed by atoms with van der Waals surface area (Å²) in [5.41, 5.74) is 1.43. The van der Waals surface area contributed by atoms with Crippen molar-refractivity contribution in [3.8, 4) is 0 Å². The molecule has 0 aliphatic carbocycles. The van der Waals surface area contributed by atoms with Gasteiger partial charge in [0.05, 0.1) is 5.60 Å². The highest BCUT2D eigenvalue weighted by Gasteiger charge is 2.34. The lowest BCUT2D eigenvalue weighted by atomic mass is 9.85. The Hall–Kier alpha value is -0.570. The van der Waals surface area contributed by atoms with E-state index in [9.17, 15) is 0 Å². The average Bonchev–Trinajstić information content (AvgIpc) is 2.49. The van der Waals surface area contributed by atoms with E-state index in [-0.39, 0.29) is 5.60 Å². The Morgan fingerprint density at radius 3 is 2.57 bits per heavy atom. The van der Waals surface area contributed by atoms with Crippen molar-refractivity contribution in [2.75, 3.05) is 6.61 Å². The molecule has 1 aliphatic heterocycles. The van der Waals surface area contributed by atoms with Crippen LogP contribution in [0.5, 0.6) is 0 Å². The Kier molecular flexibility index (Phi) is 6.09. The fraction of sp³-hybridized carbons (Fsp3) is 0.667. The number of halogens is 1. The van der Waals surface area contributed by atoms with Gasteiger partial charge in [-0.3, -0.25) is 0 Å². The van der Waals surface area contributed by atoms with Crippen molar-refractivity contribution in [1.82, 2.24) is 5.32 Å². The number of hydrogen-bond donors (Lipinski definition) is 1. The van der Waals surface area contributed by atoms with Crippen molar-refractivity contribution in [1.29, 1.82) is 0 Å². The molecule has 0 bridgehead atoms. The first-order chi connectivity index (χ1) is 10.1.